The Morgan fingerprint density at radius 1 is 1.45 bits per heavy atom. The molecule has 0 saturated carbocycles. The first-order valence-corrected chi connectivity index (χ1v) is 6.13. The van der Waals surface area contributed by atoms with Crippen LogP contribution in [0.4, 0.5) is 0 Å². The third-order valence-corrected chi connectivity index (χ3v) is 2.80. The van der Waals surface area contributed by atoms with Crippen LogP contribution in [0.25, 0.3) is 0 Å². The molecule has 20 heavy (non-hydrogen) atoms. The highest BCUT2D eigenvalue weighted by Gasteiger charge is 2.13. The molecule has 2 rings (SSSR count). The summed E-state index contributed by atoms with van der Waals surface area (Å²) in [6.45, 7) is 1.82. The molecule has 5 heteroatoms. The minimum absolute atomic E-state index is 0.0442. The first-order chi connectivity index (χ1) is 9.60. The van der Waals surface area contributed by atoms with Crippen molar-refractivity contribution in [2.24, 2.45) is 0 Å². The number of nitrogens with zero attached hydrogens (tertiary/aromatic N) is 1. The van der Waals surface area contributed by atoms with Gasteiger partial charge in [-0.3, -0.25) is 4.79 Å². The van der Waals surface area contributed by atoms with Gasteiger partial charge in [0.25, 0.3) is 5.91 Å². The smallest absolute Gasteiger partial charge is 0.251 e. The normalized spacial score (nSPS) is 11.7. The zero-order chi connectivity index (χ0) is 14.5. The second kappa shape index (κ2) is 6.04. The molecule has 0 aliphatic carbocycles. The monoisotopic (exact) mass is 270 g/mol. The summed E-state index contributed by atoms with van der Waals surface area (Å²) in [6, 6.07) is 11.8. The van der Waals surface area contributed by atoms with Crippen LogP contribution in [0, 0.1) is 18.3 Å². The van der Waals surface area contributed by atoms with Crippen LogP contribution in [0.15, 0.2) is 40.8 Å². The maximum atomic E-state index is 11.9. The average Bonchev–Trinajstić information content (AvgIpc) is 2.91. The first kappa shape index (κ1) is 13.8. The quantitative estimate of drug-likeness (QED) is 0.888. The summed E-state index contributed by atoms with van der Waals surface area (Å²) in [4.78, 5) is 11.9. The van der Waals surface area contributed by atoms with E-state index in [0.717, 1.165) is 0 Å². The van der Waals surface area contributed by atoms with Crippen molar-refractivity contribution >= 4 is 5.91 Å². The summed E-state index contributed by atoms with van der Waals surface area (Å²) < 4.78 is 5.28. The van der Waals surface area contributed by atoms with Gasteiger partial charge in [0.05, 0.1) is 18.2 Å². The van der Waals surface area contributed by atoms with Gasteiger partial charge < -0.3 is 14.8 Å². The van der Waals surface area contributed by atoms with E-state index in [9.17, 15) is 9.90 Å². The molecule has 0 aliphatic rings. The SMILES string of the molecule is Cc1ccc(C(O)CNC(=O)c2cccc(C#N)c2)o1. The third-order valence-electron chi connectivity index (χ3n) is 2.80. The molecule has 0 spiro atoms. The number of rotatable bonds is 4. The Hall–Kier alpha value is -2.58. The van der Waals surface area contributed by atoms with Crippen LogP contribution < -0.4 is 5.32 Å². The van der Waals surface area contributed by atoms with Crippen molar-refractivity contribution in [2.45, 2.75) is 13.0 Å². The number of benzene rings is 1. The lowest BCUT2D eigenvalue weighted by Crippen LogP contribution is -2.28. The van der Waals surface area contributed by atoms with E-state index >= 15 is 0 Å². The third kappa shape index (κ3) is 3.25. The van der Waals surface area contributed by atoms with E-state index in [4.69, 9.17) is 9.68 Å². The van der Waals surface area contributed by atoms with Gasteiger partial charge in [-0.05, 0) is 37.3 Å². The van der Waals surface area contributed by atoms with Crippen molar-refractivity contribution in [1.29, 1.82) is 5.26 Å². The number of hydrogen-bond donors (Lipinski definition) is 2. The number of hydrogen-bond acceptors (Lipinski definition) is 4. The van der Waals surface area contributed by atoms with Crippen molar-refractivity contribution in [3.05, 3.63) is 59.0 Å². The zero-order valence-electron chi connectivity index (χ0n) is 11.0. The highest BCUT2D eigenvalue weighted by atomic mass is 16.4. The average molecular weight is 270 g/mol. The molecule has 1 unspecified atom stereocenters. The molecule has 1 aromatic carbocycles. The Labute approximate surface area is 116 Å². The van der Waals surface area contributed by atoms with Crippen molar-refractivity contribution in [1.82, 2.24) is 5.32 Å². The number of aryl methyl sites for hydroxylation is 1. The molecule has 1 heterocycles. The Balaban J connectivity index is 1.96. The van der Waals surface area contributed by atoms with Gasteiger partial charge in [-0.1, -0.05) is 6.07 Å². The Bertz CT molecular complexity index is 655. The second-order valence-electron chi connectivity index (χ2n) is 4.37. The molecule has 1 atom stereocenters. The highest BCUT2D eigenvalue weighted by Crippen LogP contribution is 2.15. The van der Waals surface area contributed by atoms with E-state index in [2.05, 4.69) is 5.32 Å². The molecule has 2 aromatic rings. The fourth-order valence-corrected chi connectivity index (χ4v) is 1.75. The molecule has 102 valence electrons. The maximum absolute atomic E-state index is 11.9. The lowest BCUT2D eigenvalue weighted by Gasteiger charge is -2.09. The van der Waals surface area contributed by atoms with Gasteiger partial charge in [-0.25, -0.2) is 0 Å². The van der Waals surface area contributed by atoms with Gasteiger partial charge in [0.1, 0.15) is 17.6 Å². The predicted molar refractivity (Wildman–Crippen MR) is 71.9 cm³/mol. The summed E-state index contributed by atoms with van der Waals surface area (Å²) in [6.07, 6.45) is -0.896. The Morgan fingerprint density at radius 2 is 2.25 bits per heavy atom. The van der Waals surface area contributed by atoms with Crippen LogP contribution in [0.1, 0.15) is 33.5 Å². The molecule has 0 aliphatic heterocycles. The van der Waals surface area contributed by atoms with Crippen LogP contribution in [0.5, 0.6) is 0 Å². The van der Waals surface area contributed by atoms with E-state index in [-0.39, 0.29) is 12.5 Å². The minimum Gasteiger partial charge on any atom is -0.464 e. The molecule has 1 amide bonds. The fourth-order valence-electron chi connectivity index (χ4n) is 1.75. The van der Waals surface area contributed by atoms with E-state index in [1.54, 1.807) is 37.3 Å². The number of nitrogens with one attached hydrogen (secondary N) is 1. The number of nitriles is 1. The van der Waals surface area contributed by atoms with Crippen LogP contribution in [-0.2, 0) is 0 Å². The Morgan fingerprint density at radius 3 is 2.90 bits per heavy atom. The Kier molecular flexibility index (Phi) is 4.18. The summed E-state index contributed by atoms with van der Waals surface area (Å²) in [5, 5.41) is 21.2. The van der Waals surface area contributed by atoms with Gasteiger partial charge in [-0.15, -0.1) is 0 Å². The van der Waals surface area contributed by atoms with Crippen molar-refractivity contribution in [3.63, 3.8) is 0 Å². The van der Waals surface area contributed by atoms with Gasteiger partial charge in [0.15, 0.2) is 0 Å². The van der Waals surface area contributed by atoms with Crippen LogP contribution in [-0.4, -0.2) is 17.6 Å². The van der Waals surface area contributed by atoms with Gasteiger partial charge >= 0.3 is 0 Å². The standard InChI is InChI=1S/C15H14N2O3/c1-10-5-6-14(20-10)13(18)9-17-15(19)12-4-2-3-11(7-12)8-16/h2-7,13,18H,9H2,1H3,(H,17,19). The van der Waals surface area contributed by atoms with Crippen LogP contribution >= 0.6 is 0 Å². The van der Waals surface area contributed by atoms with Crippen LogP contribution in [0.3, 0.4) is 0 Å². The van der Waals surface area contributed by atoms with E-state index in [1.807, 2.05) is 6.07 Å². The summed E-state index contributed by atoms with van der Waals surface area (Å²) >= 11 is 0. The summed E-state index contributed by atoms with van der Waals surface area (Å²) in [7, 11) is 0. The number of amides is 1. The molecular weight excluding hydrogens is 256 g/mol. The summed E-state index contributed by atoms with van der Waals surface area (Å²) in [5.74, 6) is 0.769. The fraction of sp³-hybridized carbons (Fsp3) is 0.200. The number of carbonyl (C=O) groups is 1. The molecule has 0 bridgehead atoms. The van der Waals surface area contributed by atoms with Crippen molar-refractivity contribution in [3.8, 4) is 6.07 Å². The van der Waals surface area contributed by atoms with Crippen LogP contribution in [0.2, 0.25) is 0 Å². The minimum atomic E-state index is -0.896. The molecule has 0 saturated heterocycles. The number of furan rings is 1. The van der Waals surface area contributed by atoms with Gasteiger partial charge in [0, 0.05) is 5.56 Å². The molecule has 1 aromatic heterocycles. The molecule has 0 radical (unpaired) electrons. The van der Waals surface area contributed by atoms with Crippen molar-refractivity contribution < 1.29 is 14.3 Å². The van der Waals surface area contributed by atoms with E-state index in [1.165, 1.54) is 6.07 Å². The lowest BCUT2D eigenvalue weighted by atomic mass is 10.1. The maximum Gasteiger partial charge on any atom is 0.251 e. The van der Waals surface area contributed by atoms with Gasteiger partial charge in [0.2, 0.25) is 0 Å². The van der Waals surface area contributed by atoms with Crippen molar-refractivity contribution in [2.75, 3.05) is 6.54 Å². The highest BCUT2D eigenvalue weighted by molar-refractivity contribution is 5.94. The molecular formula is C15H14N2O3. The molecule has 0 fully saturated rings. The number of aliphatic hydroxyl groups is 1. The number of carbonyl (C=O) groups excluding carboxylic acids is 1. The predicted octanol–water partition coefficient (Wildman–Crippen LogP) is 1.92. The van der Waals surface area contributed by atoms with E-state index < -0.39 is 6.10 Å². The molecule has 5 nitrogen and oxygen atoms in total. The summed E-state index contributed by atoms with van der Waals surface area (Å²) in [5.41, 5.74) is 0.798. The van der Waals surface area contributed by atoms with Gasteiger partial charge in [-0.2, -0.15) is 5.26 Å². The lowest BCUT2D eigenvalue weighted by molar-refractivity contribution is 0.0900. The first-order valence-electron chi connectivity index (χ1n) is 6.13. The number of aliphatic hydroxyl groups excluding tert-OH is 1. The molecule has 2 N–H and O–H groups in total. The second-order valence-corrected chi connectivity index (χ2v) is 4.37. The van der Waals surface area contributed by atoms with E-state index in [0.29, 0.717) is 22.6 Å². The largest absolute Gasteiger partial charge is 0.464 e. The topological polar surface area (TPSA) is 86.3 Å². The zero-order valence-corrected chi connectivity index (χ0v) is 11.0.